The van der Waals surface area contributed by atoms with Crippen LogP contribution < -0.4 is 11.3 Å². The molecule has 1 aromatic carbocycles. The van der Waals surface area contributed by atoms with Gasteiger partial charge in [0.25, 0.3) is 0 Å². The summed E-state index contributed by atoms with van der Waals surface area (Å²) >= 11 is 0. The fourth-order valence-electron chi connectivity index (χ4n) is 2.22. The van der Waals surface area contributed by atoms with Crippen LogP contribution in [-0.2, 0) is 13.5 Å². The first-order valence-corrected chi connectivity index (χ1v) is 6.05. The van der Waals surface area contributed by atoms with Gasteiger partial charge < -0.3 is 4.42 Å². The van der Waals surface area contributed by atoms with Crippen LogP contribution in [0.5, 0.6) is 0 Å². The average Bonchev–Trinajstić information content (AvgIpc) is 3.02. The molecule has 2 aromatic heterocycles. The highest BCUT2D eigenvalue weighted by atomic mass is 16.3. The molecule has 6 heteroatoms. The van der Waals surface area contributed by atoms with E-state index in [-0.39, 0.29) is 6.04 Å². The third kappa shape index (κ3) is 2.23. The Kier molecular flexibility index (Phi) is 3.02. The van der Waals surface area contributed by atoms with Crippen molar-refractivity contribution in [2.24, 2.45) is 12.9 Å². The highest BCUT2D eigenvalue weighted by Gasteiger charge is 2.17. The van der Waals surface area contributed by atoms with Crippen molar-refractivity contribution in [3.63, 3.8) is 0 Å². The zero-order valence-electron chi connectivity index (χ0n) is 10.6. The Hall–Kier alpha value is -2.18. The number of fused-ring (bicyclic) bond motifs is 1. The molecule has 0 spiro atoms. The van der Waals surface area contributed by atoms with Crippen molar-refractivity contribution < 1.29 is 4.42 Å². The first-order valence-electron chi connectivity index (χ1n) is 6.05. The zero-order chi connectivity index (χ0) is 13.2. The summed E-state index contributed by atoms with van der Waals surface area (Å²) in [5.74, 6) is 5.66. The van der Waals surface area contributed by atoms with Crippen LogP contribution >= 0.6 is 0 Å². The second-order valence-electron chi connectivity index (χ2n) is 4.49. The number of hydrogen-bond donors (Lipinski definition) is 2. The second kappa shape index (κ2) is 4.83. The van der Waals surface area contributed by atoms with Crippen molar-refractivity contribution in [2.45, 2.75) is 12.5 Å². The van der Waals surface area contributed by atoms with Gasteiger partial charge in [-0.15, -0.1) is 5.10 Å². The molecule has 1 atom stereocenters. The van der Waals surface area contributed by atoms with Crippen LogP contribution in [0, 0.1) is 0 Å². The minimum absolute atomic E-state index is 0.0552. The van der Waals surface area contributed by atoms with E-state index in [2.05, 4.69) is 15.7 Å². The van der Waals surface area contributed by atoms with Gasteiger partial charge in [0.2, 0.25) is 0 Å². The molecule has 0 aliphatic heterocycles. The smallest absolute Gasteiger partial charge is 0.134 e. The summed E-state index contributed by atoms with van der Waals surface area (Å²) in [6, 6.07) is 7.84. The molecule has 2 heterocycles. The van der Waals surface area contributed by atoms with Crippen LogP contribution in [0.1, 0.15) is 17.3 Å². The van der Waals surface area contributed by atoms with Crippen molar-refractivity contribution in [3.8, 4) is 0 Å². The largest absolute Gasteiger partial charge is 0.464 e. The van der Waals surface area contributed by atoms with E-state index in [0.29, 0.717) is 6.42 Å². The summed E-state index contributed by atoms with van der Waals surface area (Å²) in [7, 11) is 1.84. The molecule has 6 nitrogen and oxygen atoms in total. The van der Waals surface area contributed by atoms with E-state index < -0.39 is 0 Å². The predicted octanol–water partition coefficient (Wildman–Crippen LogP) is 1.31. The lowest BCUT2D eigenvalue weighted by molar-refractivity contribution is 0.531. The number of nitrogens with zero attached hydrogens (tertiary/aromatic N) is 3. The third-order valence-electron chi connectivity index (χ3n) is 3.15. The normalized spacial score (nSPS) is 12.9. The van der Waals surface area contributed by atoms with Crippen molar-refractivity contribution in [3.05, 3.63) is 48.0 Å². The van der Waals surface area contributed by atoms with Gasteiger partial charge in [-0.3, -0.25) is 16.0 Å². The number of nitrogens with two attached hydrogens (primary N) is 1. The Morgan fingerprint density at radius 3 is 3.00 bits per heavy atom. The fourth-order valence-corrected chi connectivity index (χ4v) is 2.22. The van der Waals surface area contributed by atoms with Crippen molar-refractivity contribution in [2.75, 3.05) is 0 Å². The number of hydrazine groups is 1. The first kappa shape index (κ1) is 11.9. The lowest BCUT2D eigenvalue weighted by Crippen LogP contribution is -2.29. The Labute approximate surface area is 110 Å². The van der Waals surface area contributed by atoms with Crippen molar-refractivity contribution in [1.29, 1.82) is 0 Å². The molecule has 0 aliphatic rings. The predicted molar refractivity (Wildman–Crippen MR) is 71.0 cm³/mol. The quantitative estimate of drug-likeness (QED) is 0.544. The maximum absolute atomic E-state index is 5.66. The lowest BCUT2D eigenvalue weighted by atomic mass is 10.0. The Morgan fingerprint density at radius 1 is 1.42 bits per heavy atom. The average molecular weight is 257 g/mol. The van der Waals surface area contributed by atoms with E-state index in [9.17, 15) is 0 Å². The number of furan rings is 1. The molecule has 0 bridgehead atoms. The molecule has 0 fully saturated rings. The van der Waals surface area contributed by atoms with E-state index in [0.717, 1.165) is 22.2 Å². The molecule has 0 saturated carbocycles. The highest BCUT2D eigenvalue weighted by molar-refractivity contribution is 5.81. The molecular formula is C13H15N5O. The molecule has 3 aromatic rings. The molecular weight excluding hydrogens is 242 g/mol. The number of hydrogen-bond acceptors (Lipinski definition) is 5. The van der Waals surface area contributed by atoms with Gasteiger partial charge in [-0.05, 0) is 6.07 Å². The first-order chi connectivity index (χ1) is 9.28. The van der Waals surface area contributed by atoms with E-state index in [1.165, 1.54) is 0 Å². The van der Waals surface area contributed by atoms with Gasteiger partial charge in [0.1, 0.15) is 5.58 Å². The number of aryl methyl sites for hydroxylation is 1. The van der Waals surface area contributed by atoms with Gasteiger partial charge in [0.05, 0.1) is 18.0 Å². The number of nitrogens with one attached hydrogen (secondary N) is 1. The summed E-state index contributed by atoms with van der Waals surface area (Å²) in [6.07, 6.45) is 4.28. The summed E-state index contributed by atoms with van der Waals surface area (Å²) in [5.41, 5.74) is 5.59. The molecule has 3 rings (SSSR count). The Bertz CT molecular complexity index is 687. The van der Waals surface area contributed by atoms with E-state index in [1.807, 2.05) is 37.5 Å². The summed E-state index contributed by atoms with van der Waals surface area (Å²) in [4.78, 5) is 0. The molecule has 19 heavy (non-hydrogen) atoms. The van der Waals surface area contributed by atoms with Gasteiger partial charge in [-0.1, -0.05) is 23.4 Å². The highest BCUT2D eigenvalue weighted by Crippen LogP contribution is 2.27. The van der Waals surface area contributed by atoms with Crippen molar-refractivity contribution in [1.82, 2.24) is 20.4 Å². The number of benzene rings is 1. The van der Waals surface area contributed by atoms with Gasteiger partial charge >= 0.3 is 0 Å². The minimum atomic E-state index is -0.0552. The third-order valence-corrected chi connectivity index (χ3v) is 3.15. The number of para-hydroxylation sites is 1. The van der Waals surface area contributed by atoms with E-state index in [1.54, 1.807) is 10.9 Å². The Balaban J connectivity index is 1.93. The van der Waals surface area contributed by atoms with Gasteiger partial charge in [0.15, 0.2) is 0 Å². The molecule has 3 N–H and O–H groups in total. The number of rotatable bonds is 4. The monoisotopic (exact) mass is 257 g/mol. The van der Waals surface area contributed by atoms with Crippen LogP contribution in [0.3, 0.4) is 0 Å². The molecule has 0 saturated heterocycles. The fraction of sp³-hybridized carbons (Fsp3) is 0.231. The van der Waals surface area contributed by atoms with E-state index in [4.69, 9.17) is 10.3 Å². The minimum Gasteiger partial charge on any atom is -0.464 e. The standard InChI is InChI=1S/C13H15N5O/c1-18-7-9(16-17-18)6-12(15-14)11-8-19-13-5-3-2-4-10(11)13/h2-5,7-8,12,15H,6,14H2,1H3. The van der Waals surface area contributed by atoms with Crippen LogP contribution in [0.15, 0.2) is 41.1 Å². The van der Waals surface area contributed by atoms with Gasteiger partial charge in [0, 0.05) is 30.6 Å². The lowest BCUT2D eigenvalue weighted by Gasteiger charge is -2.12. The topological polar surface area (TPSA) is 81.9 Å². The maximum atomic E-state index is 5.66. The summed E-state index contributed by atoms with van der Waals surface area (Å²) < 4.78 is 7.21. The second-order valence-corrected chi connectivity index (χ2v) is 4.49. The summed E-state index contributed by atoms with van der Waals surface area (Å²) in [6.45, 7) is 0. The number of aromatic nitrogens is 3. The van der Waals surface area contributed by atoms with E-state index >= 15 is 0 Å². The van der Waals surface area contributed by atoms with Crippen LogP contribution in [-0.4, -0.2) is 15.0 Å². The molecule has 0 amide bonds. The van der Waals surface area contributed by atoms with Crippen LogP contribution in [0.4, 0.5) is 0 Å². The van der Waals surface area contributed by atoms with Crippen LogP contribution in [0.25, 0.3) is 11.0 Å². The molecule has 0 radical (unpaired) electrons. The molecule has 98 valence electrons. The maximum Gasteiger partial charge on any atom is 0.134 e. The zero-order valence-corrected chi connectivity index (χ0v) is 10.6. The molecule has 1 unspecified atom stereocenters. The van der Waals surface area contributed by atoms with Gasteiger partial charge in [-0.25, -0.2) is 0 Å². The van der Waals surface area contributed by atoms with Gasteiger partial charge in [-0.2, -0.15) is 0 Å². The summed E-state index contributed by atoms with van der Waals surface area (Å²) in [5, 5.41) is 9.07. The molecule has 0 aliphatic carbocycles. The van der Waals surface area contributed by atoms with Crippen LogP contribution in [0.2, 0.25) is 0 Å². The SMILES string of the molecule is Cn1cc(CC(NN)c2coc3ccccc23)nn1. The van der Waals surface area contributed by atoms with Crippen molar-refractivity contribution >= 4 is 11.0 Å². The Morgan fingerprint density at radius 2 is 2.26 bits per heavy atom.